The number of hydrogen-bond donors (Lipinski definition) is 2. The second-order valence-corrected chi connectivity index (χ2v) is 13.9. The van der Waals surface area contributed by atoms with E-state index in [1.54, 1.807) is 0 Å². The van der Waals surface area contributed by atoms with Crippen molar-refractivity contribution in [3.63, 3.8) is 0 Å². The Balaban J connectivity index is 0.00000433. The van der Waals surface area contributed by atoms with Crippen LogP contribution in [0, 0.1) is 17.2 Å². The number of nitrogens with one attached hydrogen (secondary N) is 2. The summed E-state index contributed by atoms with van der Waals surface area (Å²) in [6.45, 7) is 2.28. The van der Waals surface area contributed by atoms with Gasteiger partial charge < -0.3 is 10.1 Å². The SMILES string of the molecule is N#Cc1cc(S(=O)(=O)Nc2ncns2)ccc1Oc1ccc(-c2ccccc2)cc1-c1cccc(CCCCC2CCNCC2)c1.[Na+]. The van der Waals surface area contributed by atoms with Crippen molar-refractivity contribution < 1.29 is 42.7 Å². The van der Waals surface area contributed by atoms with E-state index in [1.165, 1.54) is 55.8 Å². The van der Waals surface area contributed by atoms with Crippen molar-refractivity contribution in [3.05, 3.63) is 108 Å². The standard InChI is InChI=1S/C36H35N5O3S2.Na/c37-24-31-22-32(46(42,43)41-36-39-25-40-45-36)14-16-34(31)44-35-15-13-29(28-10-2-1-3-11-28)23-33(35)30-12-6-9-27(21-30)8-5-4-7-26-17-19-38-20-18-26;/h1-3,6,9-16,21-23,25-26,38H,4-5,7-8,17-20H2,(H,39,40,41);/q;+1. The number of sulfonamides is 1. The van der Waals surface area contributed by atoms with Crippen molar-refractivity contribution in [1.82, 2.24) is 14.7 Å². The maximum Gasteiger partial charge on any atom is 1.00 e. The first kappa shape index (κ1) is 34.8. The summed E-state index contributed by atoms with van der Waals surface area (Å²) >= 11 is 0.927. The molecule has 8 nitrogen and oxygen atoms in total. The first-order chi connectivity index (χ1) is 22.5. The van der Waals surface area contributed by atoms with E-state index in [9.17, 15) is 13.7 Å². The minimum atomic E-state index is -3.97. The second-order valence-electron chi connectivity index (χ2n) is 11.4. The summed E-state index contributed by atoms with van der Waals surface area (Å²) in [7, 11) is -3.97. The van der Waals surface area contributed by atoms with E-state index in [4.69, 9.17) is 4.74 Å². The van der Waals surface area contributed by atoms with Gasteiger partial charge in [-0.15, -0.1) is 0 Å². The van der Waals surface area contributed by atoms with Crippen LogP contribution in [-0.4, -0.2) is 30.9 Å². The third-order valence-corrected chi connectivity index (χ3v) is 10.3. The van der Waals surface area contributed by atoms with E-state index >= 15 is 0 Å². The van der Waals surface area contributed by atoms with Crippen molar-refractivity contribution in [2.45, 2.75) is 43.4 Å². The third kappa shape index (κ3) is 9.08. The van der Waals surface area contributed by atoms with E-state index in [1.807, 2.05) is 30.3 Å². The summed E-state index contributed by atoms with van der Waals surface area (Å²) < 4.78 is 38.5. The predicted molar refractivity (Wildman–Crippen MR) is 182 cm³/mol. The first-order valence-corrected chi connectivity index (χ1v) is 17.8. The number of nitriles is 1. The predicted octanol–water partition coefficient (Wildman–Crippen LogP) is 5.05. The Morgan fingerprint density at radius 1 is 0.894 bits per heavy atom. The topological polar surface area (TPSA) is 117 Å². The van der Waals surface area contributed by atoms with Crippen LogP contribution in [-0.2, 0) is 16.4 Å². The zero-order chi connectivity index (χ0) is 31.8. The van der Waals surface area contributed by atoms with E-state index in [0.717, 1.165) is 65.6 Å². The molecule has 0 unspecified atom stereocenters. The summed E-state index contributed by atoms with van der Waals surface area (Å²) in [5.74, 6) is 1.68. The quantitative estimate of drug-likeness (QED) is 0.141. The molecule has 0 bridgehead atoms. The van der Waals surface area contributed by atoms with Crippen LogP contribution in [0.4, 0.5) is 5.13 Å². The molecule has 0 radical (unpaired) electrons. The number of piperidine rings is 1. The molecule has 2 heterocycles. The third-order valence-electron chi connectivity index (χ3n) is 8.30. The smallest absolute Gasteiger partial charge is 0.455 e. The van der Waals surface area contributed by atoms with Gasteiger partial charge in [-0.1, -0.05) is 73.5 Å². The molecular weight excluding hydrogens is 638 g/mol. The monoisotopic (exact) mass is 672 g/mol. The zero-order valence-corrected chi connectivity index (χ0v) is 30.0. The van der Waals surface area contributed by atoms with Crippen LogP contribution >= 0.6 is 11.5 Å². The Kier molecular flexibility index (Phi) is 12.2. The fraction of sp³-hybridized carbons (Fsp3) is 0.250. The molecule has 47 heavy (non-hydrogen) atoms. The number of nitrogens with zero attached hydrogens (tertiary/aromatic N) is 3. The number of benzene rings is 4. The van der Waals surface area contributed by atoms with Crippen LogP contribution in [0.3, 0.4) is 0 Å². The minimum absolute atomic E-state index is 0. The van der Waals surface area contributed by atoms with E-state index in [2.05, 4.69) is 67.9 Å². The van der Waals surface area contributed by atoms with Crippen LogP contribution in [0.25, 0.3) is 22.3 Å². The largest absolute Gasteiger partial charge is 1.00 e. The van der Waals surface area contributed by atoms with Gasteiger partial charge in [-0.3, -0.25) is 4.72 Å². The van der Waals surface area contributed by atoms with Crippen LogP contribution in [0.1, 0.15) is 43.2 Å². The fourth-order valence-electron chi connectivity index (χ4n) is 5.84. The van der Waals surface area contributed by atoms with Crippen molar-refractivity contribution in [2.24, 2.45) is 5.92 Å². The van der Waals surface area contributed by atoms with Crippen LogP contribution in [0.2, 0.25) is 0 Å². The maximum absolute atomic E-state index is 12.9. The molecule has 0 spiro atoms. The molecule has 0 atom stereocenters. The van der Waals surface area contributed by atoms with Gasteiger partial charge in [0.25, 0.3) is 10.0 Å². The Bertz CT molecular complexity index is 1920. The Hall–Kier alpha value is -3.56. The van der Waals surface area contributed by atoms with Gasteiger partial charge in [-0.05, 0) is 97.3 Å². The number of ether oxygens (including phenoxy) is 1. The number of aryl methyl sites for hydroxylation is 1. The van der Waals surface area contributed by atoms with Gasteiger partial charge in [0.1, 0.15) is 23.9 Å². The molecule has 1 aromatic heterocycles. The molecule has 1 aliphatic heterocycles. The van der Waals surface area contributed by atoms with Gasteiger partial charge in [0.15, 0.2) is 0 Å². The van der Waals surface area contributed by atoms with Crippen molar-refractivity contribution >= 4 is 26.7 Å². The second kappa shape index (κ2) is 16.5. The molecule has 0 saturated carbocycles. The molecule has 0 aliphatic carbocycles. The number of unbranched alkanes of at least 4 members (excludes halogenated alkanes) is 1. The van der Waals surface area contributed by atoms with Gasteiger partial charge in [-0.2, -0.15) is 9.64 Å². The molecule has 4 aromatic carbocycles. The molecule has 1 saturated heterocycles. The maximum atomic E-state index is 12.9. The molecule has 1 aliphatic rings. The molecule has 11 heteroatoms. The molecule has 0 amide bonds. The molecule has 2 N–H and O–H groups in total. The van der Waals surface area contributed by atoms with E-state index in [-0.39, 0.29) is 50.9 Å². The normalized spacial score (nSPS) is 13.3. The molecule has 1 fully saturated rings. The summed E-state index contributed by atoms with van der Waals surface area (Å²) in [5, 5.41) is 13.6. The summed E-state index contributed by atoms with van der Waals surface area (Å²) in [5.41, 5.74) is 5.40. The van der Waals surface area contributed by atoms with Crippen molar-refractivity contribution in [3.8, 4) is 39.8 Å². The Labute approximate surface area is 302 Å². The van der Waals surface area contributed by atoms with Crippen LogP contribution in [0.5, 0.6) is 11.5 Å². The van der Waals surface area contributed by atoms with Crippen LogP contribution in [0.15, 0.2) is 102 Å². The molecule has 6 rings (SSSR count). The Morgan fingerprint density at radius 2 is 1.68 bits per heavy atom. The number of anilines is 1. The van der Waals surface area contributed by atoms with Gasteiger partial charge in [0, 0.05) is 17.1 Å². The minimum Gasteiger partial charge on any atom is -0.455 e. The molecule has 234 valence electrons. The van der Waals surface area contributed by atoms with E-state index < -0.39 is 10.0 Å². The van der Waals surface area contributed by atoms with Gasteiger partial charge >= 0.3 is 29.6 Å². The first-order valence-electron chi connectivity index (χ1n) is 15.5. The fourth-order valence-corrected chi connectivity index (χ4v) is 7.53. The van der Waals surface area contributed by atoms with Gasteiger partial charge in [0.05, 0.1) is 10.5 Å². The summed E-state index contributed by atoms with van der Waals surface area (Å²) in [6, 6.07) is 31.1. The van der Waals surface area contributed by atoms with E-state index in [0.29, 0.717) is 5.75 Å². The Morgan fingerprint density at radius 3 is 2.45 bits per heavy atom. The van der Waals surface area contributed by atoms with Gasteiger partial charge in [0.2, 0.25) is 5.13 Å². The average Bonchev–Trinajstić information content (AvgIpc) is 3.60. The number of rotatable bonds is 12. The average molecular weight is 673 g/mol. The van der Waals surface area contributed by atoms with Crippen molar-refractivity contribution in [1.29, 1.82) is 5.26 Å². The summed E-state index contributed by atoms with van der Waals surface area (Å²) in [6.07, 6.45) is 8.51. The molecular formula is C36H35N5NaO3S2+. The number of hydrogen-bond acceptors (Lipinski definition) is 8. The summed E-state index contributed by atoms with van der Waals surface area (Å²) in [4.78, 5) is 3.81. The van der Waals surface area contributed by atoms with Gasteiger partial charge in [-0.25, -0.2) is 13.4 Å². The molecule has 5 aromatic rings. The number of aromatic nitrogens is 2. The van der Waals surface area contributed by atoms with Crippen LogP contribution < -0.4 is 44.3 Å². The zero-order valence-electron chi connectivity index (χ0n) is 26.4. The van der Waals surface area contributed by atoms with Crippen molar-refractivity contribution in [2.75, 3.05) is 17.8 Å².